The van der Waals surface area contributed by atoms with Gasteiger partial charge in [-0.25, -0.2) is 0 Å². The van der Waals surface area contributed by atoms with Crippen LogP contribution in [0.25, 0.3) is 0 Å². The summed E-state index contributed by atoms with van der Waals surface area (Å²) in [6.07, 6.45) is 7.60. The Hall–Kier alpha value is -0.860. The van der Waals surface area contributed by atoms with E-state index < -0.39 is 0 Å². The van der Waals surface area contributed by atoms with Crippen LogP contribution in [0.1, 0.15) is 51.9 Å². The van der Waals surface area contributed by atoms with Gasteiger partial charge in [-0.1, -0.05) is 26.2 Å². The first kappa shape index (κ1) is 12.6. The summed E-state index contributed by atoms with van der Waals surface area (Å²) < 4.78 is 0. The lowest BCUT2D eigenvalue weighted by atomic mass is 9.86. The van der Waals surface area contributed by atoms with Crippen molar-refractivity contribution < 1.29 is 9.59 Å². The highest BCUT2D eigenvalue weighted by Crippen LogP contribution is 2.27. The maximum atomic E-state index is 12.1. The number of likely N-dealkylation sites (tertiary alicyclic amines) is 1. The van der Waals surface area contributed by atoms with E-state index in [1.165, 1.54) is 32.1 Å². The maximum absolute atomic E-state index is 12.1. The Balaban J connectivity index is 1.81. The molecule has 2 rings (SSSR count). The highest BCUT2D eigenvalue weighted by atomic mass is 16.2. The van der Waals surface area contributed by atoms with Crippen LogP contribution in [-0.2, 0) is 9.59 Å². The SMILES string of the molecule is CC1CN(C(=O)CC2CCCCC2)CCC1=O. The summed E-state index contributed by atoms with van der Waals surface area (Å²) in [5.74, 6) is 1.23. The van der Waals surface area contributed by atoms with Crippen molar-refractivity contribution >= 4 is 11.7 Å². The monoisotopic (exact) mass is 237 g/mol. The molecule has 96 valence electrons. The number of ketones is 1. The zero-order valence-electron chi connectivity index (χ0n) is 10.8. The lowest BCUT2D eigenvalue weighted by Gasteiger charge is -2.32. The van der Waals surface area contributed by atoms with Crippen LogP contribution in [-0.4, -0.2) is 29.7 Å². The molecular weight excluding hydrogens is 214 g/mol. The lowest BCUT2D eigenvalue weighted by Crippen LogP contribution is -2.43. The van der Waals surface area contributed by atoms with Gasteiger partial charge < -0.3 is 4.90 Å². The predicted molar refractivity (Wildman–Crippen MR) is 66.6 cm³/mol. The second-order valence-electron chi connectivity index (χ2n) is 5.67. The molecule has 0 bridgehead atoms. The van der Waals surface area contributed by atoms with Crippen LogP contribution in [0, 0.1) is 11.8 Å². The molecule has 1 saturated carbocycles. The number of carbonyl (C=O) groups is 2. The van der Waals surface area contributed by atoms with E-state index in [4.69, 9.17) is 0 Å². The molecule has 0 aromatic heterocycles. The molecule has 1 atom stereocenters. The summed E-state index contributed by atoms with van der Waals surface area (Å²) in [5.41, 5.74) is 0. The van der Waals surface area contributed by atoms with E-state index in [0.717, 1.165) is 0 Å². The second kappa shape index (κ2) is 5.65. The molecule has 3 heteroatoms. The van der Waals surface area contributed by atoms with Crippen molar-refractivity contribution in [3.8, 4) is 0 Å². The largest absolute Gasteiger partial charge is 0.342 e. The molecule has 0 aromatic rings. The Morgan fingerprint density at radius 3 is 2.65 bits per heavy atom. The van der Waals surface area contributed by atoms with Crippen LogP contribution in [0.4, 0.5) is 0 Å². The molecule has 0 spiro atoms. The number of hydrogen-bond acceptors (Lipinski definition) is 2. The zero-order valence-corrected chi connectivity index (χ0v) is 10.8. The maximum Gasteiger partial charge on any atom is 0.222 e. The number of rotatable bonds is 2. The number of amides is 1. The molecule has 0 radical (unpaired) electrons. The Labute approximate surface area is 104 Å². The molecule has 1 unspecified atom stereocenters. The fourth-order valence-corrected chi connectivity index (χ4v) is 3.01. The zero-order chi connectivity index (χ0) is 12.3. The van der Waals surface area contributed by atoms with Crippen molar-refractivity contribution in [1.29, 1.82) is 0 Å². The van der Waals surface area contributed by atoms with Gasteiger partial charge in [-0.15, -0.1) is 0 Å². The van der Waals surface area contributed by atoms with Crippen LogP contribution >= 0.6 is 0 Å². The molecule has 1 aliphatic carbocycles. The smallest absolute Gasteiger partial charge is 0.222 e. The fourth-order valence-electron chi connectivity index (χ4n) is 3.01. The molecule has 1 aliphatic heterocycles. The van der Waals surface area contributed by atoms with E-state index in [9.17, 15) is 9.59 Å². The minimum Gasteiger partial charge on any atom is -0.342 e. The number of nitrogens with zero attached hydrogens (tertiary/aromatic N) is 1. The van der Waals surface area contributed by atoms with Gasteiger partial charge in [-0.05, 0) is 18.8 Å². The van der Waals surface area contributed by atoms with Gasteiger partial charge in [0.05, 0.1) is 0 Å². The highest BCUT2D eigenvalue weighted by molar-refractivity contribution is 5.85. The number of piperidine rings is 1. The predicted octanol–water partition coefficient (Wildman–Crippen LogP) is 2.39. The van der Waals surface area contributed by atoms with E-state index in [1.54, 1.807) is 0 Å². The Morgan fingerprint density at radius 2 is 2.00 bits per heavy atom. The van der Waals surface area contributed by atoms with Gasteiger partial charge in [0.25, 0.3) is 0 Å². The van der Waals surface area contributed by atoms with Gasteiger partial charge in [0, 0.05) is 31.8 Å². The molecule has 2 fully saturated rings. The van der Waals surface area contributed by atoms with E-state index in [1.807, 2.05) is 11.8 Å². The minimum atomic E-state index is 0.0408. The Bertz CT molecular complexity index is 295. The topological polar surface area (TPSA) is 37.4 Å². The third-order valence-electron chi connectivity index (χ3n) is 4.21. The third kappa shape index (κ3) is 3.30. The molecule has 1 heterocycles. The van der Waals surface area contributed by atoms with E-state index in [0.29, 0.717) is 37.6 Å². The van der Waals surface area contributed by atoms with Crippen LogP contribution < -0.4 is 0 Å². The number of hydrogen-bond donors (Lipinski definition) is 0. The standard InChI is InChI=1S/C14H23NO2/c1-11-10-15(8-7-13(11)16)14(17)9-12-5-3-2-4-6-12/h11-12H,2-10H2,1H3. The summed E-state index contributed by atoms with van der Waals surface area (Å²) in [5, 5.41) is 0. The molecule has 0 aromatic carbocycles. The number of Topliss-reactive ketones (excluding diaryl/α,β-unsaturated/α-hetero) is 1. The van der Waals surface area contributed by atoms with Gasteiger partial charge in [-0.3, -0.25) is 9.59 Å². The molecular formula is C14H23NO2. The van der Waals surface area contributed by atoms with Crippen molar-refractivity contribution in [3.05, 3.63) is 0 Å². The quantitative estimate of drug-likeness (QED) is 0.739. The summed E-state index contributed by atoms with van der Waals surface area (Å²) >= 11 is 0. The molecule has 0 N–H and O–H groups in total. The van der Waals surface area contributed by atoms with Crippen molar-refractivity contribution in [2.75, 3.05) is 13.1 Å². The van der Waals surface area contributed by atoms with Crippen molar-refractivity contribution in [2.24, 2.45) is 11.8 Å². The van der Waals surface area contributed by atoms with Crippen LogP contribution in [0.5, 0.6) is 0 Å². The first-order valence-electron chi connectivity index (χ1n) is 6.97. The second-order valence-corrected chi connectivity index (χ2v) is 5.67. The van der Waals surface area contributed by atoms with Gasteiger partial charge in [0.2, 0.25) is 5.91 Å². The number of carbonyl (C=O) groups excluding carboxylic acids is 2. The van der Waals surface area contributed by atoms with Gasteiger partial charge >= 0.3 is 0 Å². The molecule has 1 amide bonds. The molecule has 1 saturated heterocycles. The average Bonchev–Trinajstić information content (AvgIpc) is 2.34. The fraction of sp³-hybridized carbons (Fsp3) is 0.857. The minimum absolute atomic E-state index is 0.0408. The lowest BCUT2D eigenvalue weighted by molar-refractivity contribution is -0.137. The van der Waals surface area contributed by atoms with Crippen molar-refractivity contribution in [2.45, 2.75) is 51.9 Å². The molecule has 2 aliphatic rings. The third-order valence-corrected chi connectivity index (χ3v) is 4.21. The van der Waals surface area contributed by atoms with Crippen molar-refractivity contribution in [1.82, 2.24) is 4.90 Å². The first-order valence-corrected chi connectivity index (χ1v) is 6.97. The highest BCUT2D eigenvalue weighted by Gasteiger charge is 2.28. The molecule has 3 nitrogen and oxygen atoms in total. The molecule has 17 heavy (non-hydrogen) atoms. The first-order chi connectivity index (χ1) is 8.16. The van der Waals surface area contributed by atoms with E-state index in [-0.39, 0.29) is 11.8 Å². The summed E-state index contributed by atoms with van der Waals surface area (Å²) in [6.45, 7) is 3.22. The average molecular weight is 237 g/mol. The van der Waals surface area contributed by atoms with Crippen LogP contribution in [0.3, 0.4) is 0 Å². The van der Waals surface area contributed by atoms with Gasteiger partial charge in [0.15, 0.2) is 0 Å². The van der Waals surface area contributed by atoms with Gasteiger partial charge in [-0.2, -0.15) is 0 Å². The van der Waals surface area contributed by atoms with Gasteiger partial charge in [0.1, 0.15) is 5.78 Å². The van der Waals surface area contributed by atoms with Crippen molar-refractivity contribution in [3.63, 3.8) is 0 Å². The Morgan fingerprint density at radius 1 is 1.29 bits per heavy atom. The Kier molecular flexibility index (Phi) is 4.19. The van der Waals surface area contributed by atoms with E-state index in [2.05, 4.69) is 0 Å². The summed E-state index contributed by atoms with van der Waals surface area (Å²) in [4.78, 5) is 25.5. The van der Waals surface area contributed by atoms with E-state index >= 15 is 0 Å². The summed E-state index contributed by atoms with van der Waals surface area (Å²) in [7, 11) is 0. The van der Waals surface area contributed by atoms with Crippen LogP contribution in [0.2, 0.25) is 0 Å². The normalized spacial score (nSPS) is 27.2. The summed E-state index contributed by atoms with van der Waals surface area (Å²) in [6, 6.07) is 0. The van der Waals surface area contributed by atoms with Crippen LogP contribution in [0.15, 0.2) is 0 Å².